The summed E-state index contributed by atoms with van der Waals surface area (Å²) in [5.41, 5.74) is 4.24. The van der Waals surface area contributed by atoms with Crippen LogP contribution in [0, 0.1) is 0 Å². The Labute approximate surface area is 148 Å². The molecule has 1 heterocycles. The number of hydrogen-bond acceptors (Lipinski definition) is 2. The second kappa shape index (κ2) is 6.78. The zero-order valence-corrected chi connectivity index (χ0v) is 13.9. The fourth-order valence-corrected chi connectivity index (χ4v) is 3.37. The molecular formula is C23H19NO. The van der Waals surface area contributed by atoms with Gasteiger partial charge in [-0.25, -0.2) is 0 Å². The summed E-state index contributed by atoms with van der Waals surface area (Å²) in [6.07, 6.45) is 4.65. The first-order chi connectivity index (χ1) is 12.3. The van der Waals surface area contributed by atoms with E-state index in [-0.39, 0.29) is 11.8 Å². The summed E-state index contributed by atoms with van der Waals surface area (Å²) >= 11 is 0. The van der Waals surface area contributed by atoms with Crippen LogP contribution in [-0.4, -0.2) is 5.78 Å². The first kappa shape index (κ1) is 15.4. The summed E-state index contributed by atoms with van der Waals surface area (Å²) in [7, 11) is 0. The Bertz CT molecular complexity index is 900. The molecule has 3 aromatic rings. The zero-order chi connectivity index (χ0) is 17.1. The van der Waals surface area contributed by atoms with Crippen LogP contribution in [0.25, 0.3) is 6.08 Å². The van der Waals surface area contributed by atoms with E-state index in [4.69, 9.17) is 0 Å². The highest BCUT2D eigenvalue weighted by atomic mass is 16.1. The lowest BCUT2D eigenvalue weighted by Gasteiger charge is -2.34. The van der Waals surface area contributed by atoms with Crippen LogP contribution in [0.4, 0.5) is 5.69 Å². The van der Waals surface area contributed by atoms with Crippen LogP contribution in [0.3, 0.4) is 0 Å². The minimum absolute atomic E-state index is 0.00342. The van der Waals surface area contributed by atoms with Gasteiger partial charge in [-0.15, -0.1) is 0 Å². The molecule has 25 heavy (non-hydrogen) atoms. The number of benzene rings is 3. The van der Waals surface area contributed by atoms with Gasteiger partial charge in [0.25, 0.3) is 0 Å². The summed E-state index contributed by atoms with van der Waals surface area (Å²) in [4.78, 5) is 15.0. The van der Waals surface area contributed by atoms with Crippen molar-refractivity contribution in [2.45, 2.75) is 12.5 Å². The number of anilines is 1. The largest absolute Gasteiger partial charge is 0.340 e. The third kappa shape index (κ3) is 3.11. The smallest absolute Gasteiger partial charge is 0.165 e. The van der Waals surface area contributed by atoms with Gasteiger partial charge in [0.2, 0.25) is 0 Å². The van der Waals surface area contributed by atoms with E-state index in [0.29, 0.717) is 6.42 Å². The maximum atomic E-state index is 12.8. The highest BCUT2D eigenvalue weighted by molar-refractivity contribution is 5.97. The SMILES string of the molecule is O=C(CC1c2ccccc2C=CN1c1ccccc1)c1ccccc1. The molecule has 1 aliphatic heterocycles. The van der Waals surface area contributed by atoms with Crippen LogP contribution in [-0.2, 0) is 0 Å². The molecule has 2 heteroatoms. The van der Waals surface area contributed by atoms with Crippen molar-refractivity contribution in [3.63, 3.8) is 0 Å². The van der Waals surface area contributed by atoms with Crippen molar-refractivity contribution in [1.29, 1.82) is 0 Å². The van der Waals surface area contributed by atoms with Crippen molar-refractivity contribution >= 4 is 17.5 Å². The van der Waals surface area contributed by atoms with Gasteiger partial charge in [-0.1, -0.05) is 72.8 Å². The molecule has 1 atom stereocenters. The molecule has 0 saturated heterocycles. The summed E-state index contributed by atoms with van der Waals surface area (Å²) in [5, 5.41) is 0. The van der Waals surface area contributed by atoms with Gasteiger partial charge < -0.3 is 4.90 Å². The fourth-order valence-electron chi connectivity index (χ4n) is 3.37. The number of carbonyl (C=O) groups excluding carboxylic acids is 1. The van der Waals surface area contributed by atoms with E-state index in [1.807, 2.05) is 60.7 Å². The molecule has 0 spiro atoms. The Kier molecular flexibility index (Phi) is 4.17. The normalized spacial score (nSPS) is 15.7. The maximum absolute atomic E-state index is 12.8. The van der Waals surface area contributed by atoms with Crippen LogP contribution in [0.15, 0.2) is 91.1 Å². The molecule has 3 aromatic carbocycles. The van der Waals surface area contributed by atoms with Gasteiger partial charge in [-0.05, 0) is 29.3 Å². The lowest BCUT2D eigenvalue weighted by Crippen LogP contribution is -2.28. The van der Waals surface area contributed by atoms with Crippen molar-refractivity contribution in [3.8, 4) is 0 Å². The van der Waals surface area contributed by atoms with Crippen molar-refractivity contribution in [2.75, 3.05) is 4.90 Å². The Morgan fingerprint density at radius 2 is 1.44 bits per heavy atom. The standard InChI is InChI=1S/C23H19NO/c25-23(19-10-3-1-4-11-19)17-22-21-14-8-7-9-18(21)15-16-24(22)20-12-5-2-6-13-20/h1-16,22H,17H2. The van der Waals surface area contributed by atoms with E-state index in [2.05, 4.69) is 41.4 Å². The summed E-state index contributed by atoms with van der Waals surface area (Å²) < 4.78 is 0. The second-order valence-corrected chi connectivity index (χ2v) is 6.20. The summed E-state index contributed by atoms with van der Waals surface area (Å²) in [6.45, 7) is 0. The summed E-state index contributed by atoms with van der Waals surface area (Å²) in [6, 6.07) is 28.1. The van der Waals surface area contributed by atoms with E-state index in [1.165, 1.54) is 11.1 Å². The lowest BCUT2D eigenvalue weighted by molar-refractivity contribution is 0.0974. The van der Waals surface area contributed by atoms with Gasteiger partial charge in [0, 0.05) is 23.9 Å². The van der Waals surface area contributed by atoms with Crippen LogP contribution in [0.2, 0.25) is 0 Å². The monoisotopic (exact) mass is 325 g/mol. The van der Waals surface area contributed by atoms with Crippen LogP contribution < -0.4 is 4.90 Å². The Balaban J connectivity index is 1.72. The Morgan fingerprint density at radius 3 is 2.20 bits per heavy atom. The maximum Gasteiger partial charge on any atom is 0.165 e. The average Bonchev–Trinajstić information content (AvgIpc) is 2.69. The topological polar surface area (TPSA) is 20.3 Å². The fraction of sp³-hybridized carbons (Fsp3) is 0.0870. The van der Waals surface area contributed by atoms with E-state index >= 15 is 0 Å². The Morgan fingerprint density at radius 1 is 0.800 bits per heavy atom. The molecule has 0 amide bonds. The van der Waals surface area contributed by atoms with E-state index in [9.17, 15) is 4.79 Å². The molecule has 1 unspecified atom stereocenters. The zero-order valence-electron chi connectivity index (χ0n) is 13.9. The molecule has 0 fully saturated rings. The number of Topliss-reactive ketones (excluding diaryl/α,β-unsaturated/α-hetero) is 1. The van der Waals surface area contributed by atoms with E-state index in [1.54, 1.807) is 0 Å². The number of fused-ring (bicyclic) bond motifs is 1. The van der Waals surface area contributed by atoms with Gasteiger partial charge in [0.1, 0.15) is 0 Å². The molecule has 0 radical (unpaired) electrons. The van der Waals surface area contributed by atoms with Crippen molar-refractivity contribution < 1.29 is 4.79 Å². The molecule has 2 nitrogen and oxygen atoms in total. The molecule has 0 N–H and O–H groups in total. The van der Waals surface area contributed by atoms with Crippen molar-refractivity contribution in [1.82, 2.24) is 0 Å². The predicted molar refractivity (Wildman–Crippen MR) is 103 cm³/mol. The highest BCUT2D eigenvalue weighted by Gasteiger charge is 2.27. The third-order valence-corrected chi connectivity index (χ3v) is 4.63. The van der Waals surface area contributed by atoms with E-state index in [0.717, 1.165) is 11.3 Å². The predicted octanol–water partition coefficient (Wildman–Crippen LogP) is 5.49. The van der Waals surface area contributed by atoms with Crippen molar-refractivity contribution in [3.05, 3.63) is 108 Å². The van der Waals surface area contributed by atoms with Gasteiger partial charge in [0.05, 0.1) is 6.04 Å². The minimum atomic E-state index is -0.00342. The molecule has 1 aliphatic rings. The first-order valence-corrected chi connectivity index (χ1v) is 8.52. The van der Waals surface area contributed by atoms with Crippen LogP contribution in [0.1, 0.15) is 33.9 Å². The number of hydrogen-bond donors (Lipinski definition) is 0. The average molecular weight is 325 g/mol. The molecule has 0 saturated carbocycles. The third-order valence-electron chi connectivity index (χ3n) is 4.63. The van der Waals surface area contributed by atoms with Crippen LogP contribution >= 0.6 is 0 Å². The molecule has 0 aromatic heterocycles. The number of ketones is 1. The highest BCUT2D eigenvalue weighted by Crippen LogP contribution is 2.36. The number of rotatable bonds is 4. The van der Waals surface area contributed by atoms with Gasteiger partial charge in [-0.2, -0.15) is 0 Å². The van der Waals surface area contributed by atoms with Crippen molar-refractivity contribution in [2.24, 2.45) is 0 Å². The quantitative estimate of drug-likeness (QED) is 0.591. The lowest BCUT2D eigenvalue weighted by atomic mass is 9.90. The molecule has 4 rings (SSSR count). The second-order valence-electron chi connectivity index (χ2n) is 6.20. The number of para-hydroxylation sites is 1. The number of carbonyl (C=O) groups is 1. The van der Waals surface area contributed by atoms with E-state index < -0.39 is 0 Å². The van der Waals surface area contributed by atoms with Gasteiger partial charge in [0.15, 0.2) is 5.78 Å². The van der Waals surface area contributed by atoms with Crippen LogP contribution in [0.5, 0.6) is 0 Å². The van der Waals surface area contributed by atoms with Gasteiger partial charge >= 0.3 is 0 Å². The molecule has 122 valence electrons. The molecule has 0 aliphatic carbocycles. The minimum Gasteiger partial charge on any atom is -0.340 e. The number of nitrogens with zero attached hydrogens (tertiary/aromatic N) is 1. The summed E-state index contributed by atoms with van der Waals surface area (Å²) in [5.74, 6) is 0.164. The molecule has 0 bridgehead atoms. The first-order valence-electron chi connectivity index (χ1n) is 8.52. The molecular weight excluding hydrogens is 306 g/mol. The van der Waals surface area contributed by atoms with Gasteiger partial charge in [-0.3, -0.25) is 4.79 Å². The Hall–Kier alpha value is -3.13.